The predicted molar refractivity (Wildman–Crippen MR) is 95.6 cm³/mol. The number of rotatable bonds is 3. The molecule has 1 saturated carbocycles. The van der Waals surface area contributed by atoms with Crippen molar-refractivity contribution < 1.29 is 14.3 Å². The molecule has 1 aromatic carbocycles. The number of aromatic nitrogens is 1. The van der Waals surface area contributed by atoms with Gasteiger partial charge in [0.15, 0.2) is 0 Å². The van der Waals surface area contributed by atoms with Gasteiger partial charge in [-0.1, -0.05) is 0 Å². The summed E-state index contributed by atoms with van der Waals surface area (Å²) in [4.78, 5) is 26.1. The van der Waals surface area contributed by atoms with Crippen molar-refractivity contribution in [1.82, 2.24) is 9.88 Å². The van der Waals surface area contributed by atoms with E-state index in [0.29, 0.717) is 17.2 Å². The van der Waals surface area contributed by atoms with Crippen LogP contribution in [0.4, 0.5) is 10.1 Å². The van der Waals surface area contributed by atoms with E-state index in [1.807, 2.05) is 4.57 Å². The molecule has 7 heteroatoms. The van der Waals surface area contributed by atoms with E-state index >= 15 is 0 Å². The van der Waals surface area contributed by atoms with E-state index in [9.17, 15) is 19.1 Å². The summed E-state index contributed by atoms with van der Waals surface area (Å²) in [5, 5.41) is 12.9. The fraction of sp³-hybridized carbons (Fsp3) is 0.474. The second-order valence-electron chi connectivity index (χ2n) is 7.62. The van der Waals surface area contributed by atoms with E-state index in [2.05, 4.69) is 10.2 Å². The van der Waals surface area contributed by atoms with Crippen LogP contribution in [0.5, 0.6) is 0 Å². The molecule has 4 aliphatic rings. The molecule has 3 saturated heterocycles. The van der Waals surface area contributed by atoms with Crippen molar-refractivity contribution in [3.05, 3.63) is 39.9 Å². The van der Waals surface area contributed by atoms with Crippen molar-refractivity contribution >= 4 is 22.6 Å². The molecule has 6 rings (SSSR count). The fourth-order valence-corrected chi connectivity index (χ4v) is 4.39. The van der Waals surface area contributed by atoms with E-state index in [0.717, 1.165) is 38.8 Å². The van der Waals surface area contributed by atoms with Gasteiger partial charge in [0.1, 0.15) is 11.4 Å². The molecule has 0 amide bonds. The molecule has 1 aromatic heterocycles. The Morgan fingerprint density at radius 2 is 1.96 bits per heavy atom. The first-order valence-electron chi connectivity index (χ1n) is 9.14. The van der Waals surface area contributed by atoms with Gasteiger partial charge < -0.3 is 19.9 Å². The summed E-state index contributed by atoms with van der Waals surface area (Å²) in [6, 6.07) is 3.79. The van der Waals surface area contributed by atoms with Gasteiger partial charge in [0, 0.05) is 42.8 Å². The summed E-state index contributed by atoms with van der Waals surface area (Å²) in [5.74, 6) is -1.72. The van der Waals surface area contributed by atoms with Crippen molar-refractivity contribution in [1.29, 1.82) is 0 Å². The molecule has 3 aliphatic heterocycles. The Morgan fingerprint density at radius 1 is 1.19 bits per heavy atom. The zero-order chi connectivity index (χ0) is 18.0. The highest BCUT2D eigenvalue weighted by Gasteiger charge is 2.35. The van der Waals surface area contributed by atoms with E-state index in [4.69, 9.17) is 0 Å². The molecule has 2 bridgehead atoms. The Kier molecular flexibility index (Phi) is 3.37. The number of hydrogen-bond acceptors (Lipinski definition) is 4. The minimum absolute atomic E-state index is 0.151. The summed E-state index contributed by atoms with van der Waals surface area (Å²) in [5.41, 5.74) is 0.244. The summed E-state index contributed by atoms with van der Waals surface area (Å²) < 4.78 is 16.8. The number of fused-ring (bicyclic) bond motifs is 4. The summed E-state index contributed by atoms with van der Waals surface area (Å²) >= 11 is 0. The second kappa shape index (κ2) is 5.54. The lowest BCUT2D eigenvalue weighted by atomic mass is 9.92. The molecule has 1 aliphatic carbocycles. The molecule has 2 N–H and O–H groups in total. The number of nitrogens with zero attached hydrogens (tertiary/aromatic N) is 2. The highest BCUT2D eigenvalue weighted by atomic mass is 19.1. The first kappa shape index (κ1) is 15.8. The van der Waals surface area contributed by atoms with Gasteiger partial charge in [-0.15, -0.1) is 0 Å². The average molecular weight is 357 g/mol. The Hall–Kier alpha value is -2.41. The average Bonchev–Trinajstić information content (AvgIpc) is 3.48. The van der Waals surface area contributed by atoms with Crippen molar-refractivity contribution in [2.45, 2.75) is 43.8 Å². The number of hydrogen-bond donors (Lipinski definition) is 2. The van der Waals surface area contributed by atoms with Crippen LogP contribution in [-0.2, 0) is 0 Å². The van der Waals surface area contributed by atoms with Crippen LogP contribution in [0, 0.1) is 5.82 Å². The molecule has 0 radical (unpaired) electrons. The number of aromatic carboxylic acids is 1. The number of benzene rings is 1. The van der Waals surface area contributed by atoms with Gasteiger partial charge in [-0.05, 0) is 37.8 Å². The van der Waals surface area contributed by atoms with Gasteiger partial charge in [-0.2, -0.15) is 0 Å². The van der Waals surface area contributed by atoms with Crippen molar-refractivity contribution in [2.24, 2.45) is 0 Å². The van der Waals surface area contributed by atoms with E-state index < -0.39 is 17.2 Å². The molecular formula is C19H20FN3O3. The van der Waals surface area contributed by atoms with E-state index in [1.165, 1.54) is 12.3 Å². The maximum absolute atomic E-state index is 14.9. The number of piperidine rings is 2. The number of carboxylic acid groups (broad SMARTS) is 1. The van der Waals surface area contributed by atoms with Gasteiger partial charge in [0.05, 0.1) is 11.2 Å². The molecule has 26 heavy (non-hydrogen) atoms. The molecular weight excluding hydrogens is 337 g/mol. The van der Waals surface area contributed by atoms with Crippen LogP contribution >= 0.6 is 0 Å². The topological polar surface area (TPSA) is 74.6 Å². The summed E-state index contributed by atoms with van der Waals surface area (Å²) in [6.07, 6.45) is 5.45. The van der Waals surface area contributed by atoms with Crippen LogP contribution in [0.25, 0.3) is 10.9 Å². The molecule has 6 nitrogen and oxygen atoms in total. The molecule has 2 atom stereocenters. The highest BCUT2D eigenvalue weighted by Crippen LogP contribution is 2.39. The standard InChI is InChI=1S/C19H20FN3O3/c20-15-5-13-16(6-17(15)22-8-10-1-2-12(22)7-21-10)23(11-3-4-11)9-14(18(13)24)19(25)26/h5-6,9-12,21H,1-4,7-8H2,(H,25,26)/t10-,12-/m1/s1. The number of piperazine rings is 1. The third kappa shape index (κ3) is 2.34. The van der Waals surface area contributed by atoms with Gasteiger partial charge in [-0.3, -0.25) is 4.79 Å². The first-order chi connectivity index (χ1) is 12.5. The quantitative estimate of drug-likeness (QED) is 0.880. The van der Waals surface area contributed by atoms with Gasteiger partial charge in [-0.25, -0.2) is 9.18 Å². The first-order valence-corrected chi connectivity index (χ1v) is 9.14. The Morgan fingerprint density at radius 3 is 2.54 bits per heavy atom. The molecule has 0 spiro atoms. The lowest BCUT2D eigenvalue weighted by Gasteiger charge is -2.47. The maximum atomic E-state index is 14.9. The summed E-state index contributed by atoms with van der Waals surface area (Å²) in [7, 11) is 0. The van der Waals surface area contributed by atoms with Crippen molar-refractivity contribution in [2.75, 3.05) is 18.0 Å². The second-order valence-corrected chi connectivity index (χ2v) is 7.62. The molecule has 4 fully saturated rings. The molecule has 2 aromatic rings. The van der Waals surface area contributed by atoms with E-state index in [-0.39, 0.29) is 23.0 Å². The van der Waals surface area contributed by atoms with Gasteiger partial charge in [0.25, 0.3) is 0 Å². The minimum Gasteiger partial charge on any atom is -0.477 e. The van der Waals surface area contributed by atoms with Crippen LogP contribution < -0.4 is 15.6 Å². The third-order valence-corrected chi connectivity index (χ3v) is 5.93. The molecule has 136 valence electrons. The molecule has 4 heterocycles. The normalized spacial score (nSPS) is 25.0. The van der Waals surface area contributed by atoms with Crippen LogP contribution in [-0.4, -0.2) is 40.8 Å². The SMILES string of the molecule is O=C(O)c1cn(C2CC2)c2cc(N3C[C@H]4CC[C@@H]3CN4)c(F)cc2c1=O. The van der Waals surface area contributed by atoms with Gasteiger partial charge >= 0.3 is 5.97 Å². The number of anilines is 1. The van der Waals surface area contributed by atoms with Crippen LogP contribution in [0.2, 0.25) is 0 Å². The monoisotopic (exact) mass is 357 g/mol. The zero-order valence-electron chi connectivity index (χ0n) is 14.2. The Bertz CT molecular complexity index is 974. The van der Waals surface area contributed by atoms with Crippen LogP contribution in [0.15, 0.2) is 23.1 Å². The summed E-state index contributed by atoms with van der Waals surface area (Å²) in [6.45, 7) is 1.60. The number of nitrogens with one attached hydrogen (secondary N) is 1. The van der Waals surface area contributed by atoms with Gasteiger partial charge in [0.2, 0.25) is 5.43 Å². The smallest absolute Gasteiger partial charge is 0.341 e. The lowest BCUT2D eigenvalue weighted by molar-refractivity contribution is 0.0695. The van der Waals surface area contributed by atoms with Crippen LogP contribution in [0.1, 0.15) is 42.1 Å². The largest absolute Gasteiger partial charge is 0.477 e. The number of pyridine rings is 1. The predicted octanol–water partition coefficient (Wildman–Crippen LogP) is 2.11. The number of halogens is 1. The lowest BCUT2D eigenvalue weighted by Crippen LogP contribution is -2.61. The maximum Gasteiger partial charge on any atom is 0.341 e. The highest BCUT2D eigenvalue weighted by molar-refractivity contribution is 5.93. The fourth-order valence-electron chi connectivity index (χ4n) is 4.39. The van der Waals surface area contributed by atoms with Crippen LogP contribution in [0.3, 0.4) is 0 Å². The zero-order valence-corrected chi connectivity index (χ0v) is 14.2. The number of carbonyl (C=O) groups is 1. The Balaban J connectivity index is 1.71. The Labute approximate surface area is 149 Å². The number of carboxylic acids is 1. The third-order valence-electron chi connectivity index (χ3n) is 5.93. The van der Waals surface area contributed by atoms with Crippen molar-refractivity contribution in [3.8, 4) is 0 Å². The van der Waals surface area contributed by atoms with Crippen molar-refractivity contribution in [3.63, 3.8) is 0 Å². The molecule has 0 unspecified atom stereocenters. The van der Waals surface area contributed by atoms with E-state index in [1.54, 1.807) is 6.07 Å². The minimum atomic E-state index is -1.27.